The van der Waals surface area contributed by atoms with Crippen LogP contribution in [0.4, 0.5) is 4.79 Å². The predicted octanol–water partition coefficient (Wildman–Crippen LogP) is 1.07. The van der Waals surface area contributed by atoms with E-state index in [4.69, 9.17) is 4.74 Å². The number of nitriles is 1. The number of carbonyl (C=O) groups excluding carboxylic acids is 3. The van der Waals surface area contributed by atoms with Crippen molar-refractivity contribution < 1.29 is 19.1 Å². The highest BCUT2D eigenvalue weighted by Crippen LogP contribution is 2.21. The van der Waals surface area contributed by atoms with E-state index in [1.807, 2.05) is 26.8 Å². The van der Waals surface area contributed by atoms with Crippen LogP contribution in [0.3, 0.4) is 0 Å². The van der Waals surface area contributed by atoms with Crippen LogP contribution < -0.4 is 16.0 Å². The van der Waals surface area contributed by atoms with Crippen molar-refractivity contribution in [3.63, 3.8) is 0 Å². The first kappa shape index (κ1) is 20.7. The van der Waals surface area contributed by atoms with Crippen LogP contribution >= 0.6 is 0 Å². The van der Waals surface area contributed by atoms with Gasteiger partial charge >= 0.3 is 6.09 Å². The lowest BCUT2D eigenvalue weighted by molar-refractivity contribution is -0.125. The summed E-state index contributed by atoms with van der Waals surface area (Å²) in [6.07, 6.45) is 0.630. The number of hydrogen-bond donors (Lipinski definition) is 3. The molecule has 3 amide bonds. The molecule has 1 aliphatic heterocycles. The fraction of sp³-hybridized carbons (Fsp3) is 0.765. The Balaban J connectivity index is 2.72. The molecule has 0 unspecified atom stereocenters. The lowest BCUT2D eigenvalue weighted by Crippen LogP contribution is -2.51. The fourth-order valence-corrected chi connectivity index (χ4v) is 2.71. The summed E-state index contributed by atoms with van der Waals surface area (Å²) in [4.78, 5) is 35.9. The number of rotatable bonds is 7. The van der Waals surface area contributed by atoms with Gasteiger partial charge < -0.3 is 20.7 Å². The molecule has 0 saturated carbocycles. The summed E-state index contributed by atoms with van der Waals surface area (Å²) < 4.78 is 4.84. The lowest BCUT2D eigenvalue weighted by atomic mass is 9.87. The second-order valence-corrected chi connectivity index (χ2v) is 7.38. The SMILES string of the molecule is CCOC(=O)N[C@@H](CC(C)(C)C)C(=O)N[C@H](C#N)C[C@@H]1CCNC1=O. The Kier molecular flexibility index (Phi) is 7.68. The molecule has 1 saturated heterocycles. The van der Waals surface area contributed by atoms with Crippen LogP contribution in [0.25, 0.3) is 0 Å². The minimum Gasteiger partial charge on any atom is -0.450 e. The van der Waals surface area contributed by atoms with Crippen LogP contribution in [0.2, 0.25) is 0 Å². The zero-order chi connectivity index (χ0) is 19.0. The van der Waals surface area contributed by atoms with Crippen molar-refractivity contribution in [1.82, 2.24) is 16.0 Å². The van der Waals surface area contributed by atoms with Gasteiger partial charge in [0, 0.05) is 12.5 Å². The molecule has 0 radical (unpaired) electrons. The Labute approximate surface area is 148 Å². The molecule has 140 valence electrons. The largest absolute Gasteiger partial charge is 0.450 e. The van der Waals surface area contributed by atoms with E-state index >= 15 is 0 Å². The van der Waals surface area contributed by atoms with E-state index in [2.05, 4.69) is 16.0 Å². The monoisotopic (exact) mass is 352 g/mol. The summed E-state index contributed by atoms with van der Waals surface area (Å²) in [7, 11) is 0. The molecule has 0 aromatic heterocycles. The van der Waals surface area contributed by atoms with E-state index in [-0.39, 0.29) is 30.3 Å². The van der Waals surface area contributed by atoms with Crippen LogP contribution in [0, 0.1) is 22.7 Å². The molecule has 1 fully saturated rings. The van der Waals surface area contributed by atoms with Gasteiger partial charge in [-0.25, -0.2) is 4.79 Å². The first-order chi connectivity index (χ1) is 11.7. The molecule has 0 aromatic carbocycles. The number of nitrogens with zero attached hydrogens (tertiary/aromatic N) is 1. The maximum Gasteiger partial charge on any atom is 0.407 e. The molecule has 0 spiro atoms. The third-order valence-corrected chi connectivity index (χ3v) is 3.86. The maximum atomic E-state index is 12.6. The molecule has 0 bridgehead atoms. The molecule has 1 heterocycles. The summed E-state index contributed by atoms with van der Waals surface area (Å²) >= 11 is 0. The van der Waals surface area contributed by atoms with Gasteiger partial charge in [-0.3, -0.25) is 9.59 Å². The van der Waals surface area contributed by atoms with Gasteiger partial charge in [-0.1, -0.05) is 20.8 Å². The van der Waals surface area contributed by atoms with Gasteiger partial charge in [-0.2, -0.15) is 5.26 Å². The zero-order valence-electron chi connectivity index (χ0n) is 15.3. The second kappa shape index (κ2) is 9.25. The zero-order valence-corrected chi connectivity index (χ0v) is 15.3. The highest BCUT2D eigenvalue weighted by atomic mass is 16.5. The van der Waals surface area contributed by atoms with Crippen LogP contribution in [-0.2, 0) is 14.3 Å². The van der Waals surface area contributed by atoms with Gasteiger partial charge in [-0.15, -0.1) is 0 Å². The normalized spacial score (nSPS) is 19.3. The van der Waals surface area contributed by atoms with Crippen molar-refractivity contribution >= 4 is 17.9 Å². The number of ether oxygens (including phenoxy) is 1. The molecule has 1 rings (SSSR count). The summed E-state index contributed by atoms with van der Waals surface area (Å²) in [5.41, 5.74) is -0.213. The smallest absolute Gasteiger partial charge is 0.407 e. The summed E-state index contributed by atoms with van der Waals surface area (Å²) in [6, 6.07) is 0.424. The maximum absolute atomic E-state index is 12.6. The quantitative estimate of drug-likeness (QED) is 0.633. The Morgan fingerprint density at radius 1 is 1.40 bits per heavy atom. The Bertz CT molecular complexity index is 536. The second-order valence-electron chi connectivity index (χ2n) is 7.38. The van der Waals surface area contributed by atoms with Crippen LogP contribution in [0.1, 0.15) is 47.0 Å². The summed E-state index contributed by atoms with van der Waals surface area (Å²) in [5.74, 6) is -0.817. The van der Waals surface area contributed by atoms with Crippen LogP contribution in [-0.4, -0.2) is 43.1 Å². The average molecular weight is 352 g/mol. The molecular weight excluding hydrogens is 324 g/mol. The van der Waals surface area contributed by atoms with Crippen molar-refractivity contribution in [3.05, 3.63) is 0 Å². The van der Waals surface area contributed by atoms with Crippen molar-refractivity contribution in [2.45, 2.75) is 59.0 Å². The van der Waals surface area contributed by atoms with Crippen LogP contribution in [0.15, 0.2) is 0 Å². The van der Waals surface area contributed by atoms with Gasteiger partial charge in [0.05, 0.1) is 12.7 Å². The van der Waals surface area contributed by atoms with E-state index in [0.29, 0.717) is 19.4 Å². The third kappa shape index (κ3) is 7.42. The molecular formula is C17H28N4O4. The lowest BCUT2D eigenvalue weighted by Gasteiger charge is -2.27. The standard InChI is InChI=1S/C17H28N4O4/c1-5-25-16(24)21-13(9-17(2,3)4)15(23)20-12(10-18)8-11-6-7-19-14(11)22/h11-13H,5-9H2,1-4H3,(H,19,22)(H,20,23)(H,21,24)/t11-,12-,13-/m0/s1. The summed E-state index contributed by atoms with van der Waals surface area (Å²) in [5, 5.41) is 17.2. The molecule has 3 atom stereocenters. The molecule has 25 heavy (non-hydrogen) atoms. The van der Waals surface area contributed by atoms with Gasteiger partial charge in [0.2, 0.25) is 11.8 Å². The highest BCUT2D eigenvalue weighted by molar-refractivity contribution is 5.86. The molecule has 1 aliphatic rings. The molecule has 8 heteroatoms. The van der Waals surface area contributed by atoms with E-state index < -0.39 is 24.1 Å². The van der Waals surface area contributed by atoms with E-state index in [1.54, 1.807) is 6.92 Å². The number of alkyl carbamates (subject to hydrolysis) is 1. The topological polar surface area (TPSA) is 120 Å². The first-order valence-electron chi connectivity index (χ1n) is 8.57. The van der Waals surface area contributed by atoms with E-state index in [0.717, 1.165) is 0 Å². The number of amides is 3. The van der Waals surface area contributed by atoms with Crippen molar-refractivity contribution in [2.75, 3.05) is 13.2 Å². The van der Waals surface area contributed by atoms with Gasteiger partial charge in [0.15, 0.2) is 0 Å². The molecule has 8 nitrogen and oxygen atoms in total. The minimum absolute atomic E-state index is 0.0922. The van der Waals surface area contributed by atoms with Gasteiger partial charge in [-0.05, 0) is 31.6 Å². The van der Waals surface area contributed by atoms with E-state index in [1.165, 1.54) is 0 Å². The minimum atomic E-state index is -0.813. The number of carbonyl (C=O) groups is 3. The average Bonchev–Trinajstić information content (AvgIpc) is 2.89. The summed E-state index contributed by atoms with van der Waals surface area (Å²) in [6.45, 7) is 8.32. The Morgan fingerprint density at radius 3 is 2.56 bits per heavy atom. The highest BCUT2D eigenvalue weighted by Gasteiger charge is 2.31. The molecule has 0 aromatic rings. The Hall–Kier alpha value is -2.30. The number of hydrogen-bond acceptors (Lipinski definition) is 5. The Morgan fingerprint density at radius 2 is 2.08 bits per heavy atom. The fourth-order valence-electron chi connectivity index (χ4n) is 2.71. The van der Waals surface area contributed by atoms with E-state index in [9.17, 15) is 19.6 Å². The van der Waals surface area contributed by atoms with Crippen molar-refractivity contribution in [3.8, 4) is 6.07 Å². The molecule has 0 aliphatic carbocycles. The van der Waals surface area contributed by atoms with Gasteiger partial charge in [0.1, 0.15) is 12.1 Å². The third-order valence-electron chi connectivity index (χ3n) is 3.86. The van der Waals surface area contributed by atoms with Crippen molar-refractivity contribution in [1.29, 1.82) is 5.26 Å². The van der Waals surface area contributed by atoms with Gasteiger partial charge in [0.25, 0.3) is 0 Å². The van der Waals surface area contributed by atoms with Crippen molar-refractivity contribution in [2.24, 2.45) is 11.3 Å². The predicted molar refractivity (Wildman–Crippen MR) is 91.3 cm³/mol. The number of nitrogens with one attached hydrogen (secondary N) is 3. The molecule has 3 N–H and O–H groups in total. The van der Waals surface area contributed by atoms with Crippen LogP contribution in [0.5, 0.6) is 0 Å². The first-order valence-corrected chi connectivity index (χ1v) is 8.57.